The first-order chi connectivity index (χ1) is 7.25. The molecule has 2 nitrogen and oxygen atoms in total. The number of benzene rings is 1. The fourth-order valence-electron chi connectivity index (χ4n) is 1.81. The van der Waals surface area contributed by atoms with Crippen molar-refractivity contribution in [2.75, 3.05) is 13.1 Å². The molecule has 2 heteroatoms. The van der Waals surface area contributed by atoms with Gasteiger partial charge in [-0.05, 0) is 18.6 Å². The topological polar surface area (TPSA) is 21.3 Å². The van der Waals surface area contributed by atoms with Gasteiger partial charge in [0.05, 0.1) is 0 Å². The van der Waals surface area contributed by atoms with Crippen molar-refractivity contribution in [1.29, 1.82) is 0 Å². The van der Waals surface area contributed by atoms with Crippen LogP contribution >= 0.6 is 0 Å². The fraction of sp³-hybridized carbons (Fsp3) is 0.385. The van der Waals surface area contributed by atoms with E-state index in [4.69, 9.17) is 4.74 Å². The molecule has 0 radical (unpaired) electrons. The van der Waals surface area contributed by atoms with Crippen molar-refractivity contribution >= 4 is 0 Å². The van der Waals surface area contributed by atoms with E-state index in [1.165, 1.54) is 5.56 Å². The molecule has 1 unspecified atom stereocenters. The van der Waals surface area contributed by atoms with Crippen molar-refractivity contribution in [2.24, 2.45) is 0 Å². The lowest BCUT2D eigenvalue weighted by atomic mass is 10.1. The first-order valence-corrected chi connectivity index (χ1v) is 5.35. The highest BCUT2D eigenvalue weighted by molar-refractivity contribution is 5.37. The molecule has 0 fully saturated rings. The molecule has 0 aromatic heterocycles. The van der Waals surface area contributed by atoms with Crippen molar-refractivity contribution in [3.63, 3.8) is 0 Å². The number of hydrogen-bond donors (Lipinski definition) is 1. The van der Waals surface area contributed by atoms with Gasteiger partial charge in [-0.3, -0.25) is 0 Å². The van der Waals surface area contributed by atoms with Crippen LogP contribution in [0.25, 0.3) is 0 Å². The molecule has 0 saturated heterocycles. The summed E-state index contributed by atoms with van der Waals surface area (Å²) in [7, 11) is 0. The zero-order valence-electron chi connectivity index (χ0n) is 9.12. The second kappa shape index (κ2) is 4.49. The van der Waals surface area contributed by atoms with E-state index in [9.17, 15) is 0 Å². The van der Waals surface area contributed by atoms with Crippen LogP contribution in [0.5, 0.6) is 5.75 Å². The summed E-state index contributed by atoms with van der Waals surface area (Å²) in [6.07, 6.45) is 1.29. The second-order valence-corrected chi connectivity index (χ2v) is 4.14. The highest BCUT2D eigenvalue weighted by Crippen LogP contribution is 2.27. The number of hydrogen-bond acceptors (Lipinski definition) is 2. The molecular formula is C13H17NO. The molecule has 0 spiro atoms. The first kappa shape index (κ1) is 10.2. The van der Waals surface area contributed by atoms with E-state index in [-0.39, 0.29) is 6.10 Å². The minimum Gasteiger partial charge on any atom is -0.488 e. The Morgan fingerprint density at radius 1 is 1.53 bits per heavy atom. The van der Waals surface area contributed by atoms with Gasteiger partial charge in [0.1, 0.15) is 11.9 Å². The van der Waals surface area contributed by atoms with E-state index in [2.05, 4.69) is 24.0 Å². The van der Waals surface area contributed by atoms with E-state index in [0.717, 1.165) is 30.8 Å². The number of rotatable bonds is 4. The summed E-state index contributed by atoms with van der Waals surface area (Å²) in [5.74, 6) is 1.04. The maximum atomic E-state index is 5.80. The van der Waals surface area contributed by atoms with Gasteiger partial charge in [-0.1, -0.05) is 30.4 Å². The monoisotopic (exact) mass is 203 g/mol. The Morgan fingerprint density at radius 2 is 2.33 bits per heavy atom. The molecule has 1 N–H and O–H groups in total. The fourth-order valence-corrected chi connectivity index (χ4v) is 1.81. The molecular weight excluding hydrogens is 186 g/mol. The number of fused-ring (bicyclic) bond motifs is 1. The molecule has 1 heterocycles. The van der Waals surface area contributed by atoms with Gasteiger partial charge in [-0.25, -0.2) is 0 Å². The van der Waals surface area contributed by atoms with Gasteiger partial charge < -0.3 is 10.1 Å². The third-order valence-electron chi connectivity index (χ3n) is 2.51. The zero-order chi connectivity index (χ0) is 10.7. The smallest absolute Gasteiger partial charge is 0.123 e. The Labute approximate surface area is 91.0 Å². The summed E-state index contributed by atoms with van der Waals surface area (Å²) < 4.78 is 5.80. The highest BCUT2D eigenvalue weighted by atomic mass is 16.5. The van der Waals surface area contributed by atoms with Crippen molar-refractivity contribution in [3.05, 3.63) is 42.0 Å². The van der Waals surface area contributed by atoms with Crippen LogP contribution in [-0.4, -0.2) is 19.2 Å². The molecule has 1 aromatic rings. The normalized spacial score (nSPS) is 18.3. The maximum absolute atomic E-state index is 5.80. The Kier molecular flexibility index (Phi) is 3.07. The molecule has 0 saturated carbocycles. The van der Waals surface area contributed by atoms with Gasteiger partial charge in [0.2, 0.25) is 0 Å². The van der Waals surface area contributed by atoms with Crippen LogP contribution in [0.15, 0.2) is 36.4 Å². The predicted molar refractivity (Wildman–Crippen MR) is 62.2 cm³/mol. The molecule has 80 valence electrons. The number of ether oxygens (including phenoxy) is 1. The molecule has 1 aliphatic rings. The Hall–Kier alpha value is -1.28. The van der Waals surface area contributed by atoms with Gasteiger partial charge in [0, 0.05) is 19.5 Å². The molecule has 0 bridgehead atoms. The maximum Gasteiger partial charge on any atom is 0.123 e. The zero-order valence-corrected chi connectivity index (χ0v) is 9.12. The Morgan fingerprint density at radius 3 is 3.07 bits per heavy atom. The highest BCUT2D eigenvalue weighted by Gasteiger charge is 2.21. The van der Waals surface area contributed by atoms with Crippen LogP contribution in [0.2, 0.25) is 0 Å². The van der Waals surface area contributed by atoms with Crippen LogP contribution in [0.1, 0.15) is 12.5 Å². The van der Waals surface area contributed by atoms with Gasteiger partial charge in [-0.15, -0.1) is 0 Å². The molecule has 0 amide bonds. The summed E-state index contributed by atoms with van der Waals surface area (Å²) in [6.45, 7) is 7.64. The summed E-state index contributed by atoms with van der Waals surface area (Å²) >= 11 is 0. The van der Waals surface area contributed by atoms with Crippen LogP contribution in [-0.2, 0) is 6.42 Å². The Balaban J connectivity index is 1.83. The van der Waals surface area contributed by atoms with Gasteiger partial charge in [-0.2, -0.15) is 0 Å². The van der Waals surface area contributed by atoms with Crippen molar-refractivity contribution in [3.8, 4) is 5.75 Å². The minimum atomic E-state index is 0.279. The minimum absolute atomic E-state index is 0.279. The van der Waals surface area contributed by atoms with Crippen LogP contribution in [0.3, 0.4) is 0 Å². The molecule has 1 aliphatic heterocycles. The van der Waals surface area contributed by atoms with Gasteiger partial charge in [0.15, 0.2) is 0 Å². The Bertz CT molecular complexity index is 334. The van der Waals surface area contributed by atoms with E-state index in [1.54, 1.807) is 0 Å². The summed E-state index contributed by atoms with van der Waals surface area (Å²) in [5, 5.41) is 3.34. The van der Waals surface area contributed by atoms with E-state index in [1.807, 2.05) is 19.1 Å². The lowest BCUT2D eigenvalue weighted by Crippen LogP contribution is -2.30. The quantitative estimate of drug-likeness (QED) is 0.757. The van der Waals surface area contributed by atoms with E-state index >= 15 is 0 Å². The average molecular weight is 203 g/mol. The predicted octanol–water partition coefficient (Wildman–Crippen LogP) is 2.16. The van der Waals surface area contributed by atoms with Gasteiger partial charge in [0.25, 0.3) is 0 Å². The SMILES string of the molecule is C=C(C)CNCC1Cc2ccccc2O1. The first-order valence-electron chi connectivity index (χ1n) is 5.35. The lowest BCUT2D eigenvalue weighted by Gasteiger charge is -2.11. The van der Waals surface area contributed by atoms with E-state index in [0.29, 0.717) is 0 Å². The van der Waals surface area contributed by atoms with Crippen LogP contribution in [0, 0.1) is 0 Å². The van der Waals surface area contributed by atoms with Crippen molar-refractivity contribution in [1.82, 2.24) is 5.32 Å². The van der Waals surface area contributed by atoms with Crippen LogP contribution in [0.4, 0.5) is 0 Å². The lowest BCUT2D eigenvalue weighted by molar-refractivity contribution is 0.229. The second-order valence-electron chi connectivity index (χ2n) is 4.14. The summed E-state index contributed by atoms with van der Waals surface area (Å²) in [6, 6.07) is 8.25. The molecule has 0 aliphatic carbocycles. The summed E-state index contributed by atoms with van der Waals surface area (Å²) in [5.41, 5.74) is 2.48. The molecule has 1 aromatic carbocycles. The van der Waals surface area contributed by atoms with Crippen LogP contribution < -0.4 is 10.1 Å². The van der Waals surface area contributed by atoms with Gasteiger partial charge >= 0.3 is 0 Å². The average Bonchev–Trinajstić information content (AvgIpc) is 2.59. The number of para-hydroxylation sites is 1. The van der Waals surface area contributed by atoms with Crippen molar-refractivity contribution in [2.45, 2.75) is 19.4 Å². The number of nitrogens with one attached hydrogen (secondary N) is 1. The molecule has 15 heavy (non-hydrogen) atoms. The standard InChI is InChI=1S/C13H17NO/c1-10(2)8-14-9-12-7-11-5-3-4-6-13(11)15-12/h3-6,12,14H,1,7-9H2,2H3. The molecule has 1 atom stereocenters. The van der Waals surface area contributed by atoms with Crippen molar-refractivity contribution < 1.29 is 4.74 Å². The van der Waals surface area contributed by atoms with E-state index < -0.39 is 0 Å². The third kappa shape index (κ3) is 2.60. The summed E-state index contributed by atoms with van der Waals surface area (Å²) in [4.78, 5) is 0. The largest absolute Gasteiger partial charge is 0.488 e. The third-order valence-corrected chi connectivity index (χ3v) is 2.51. The molecule has 2 rings (SSSR count).